The van der Waals surface area contributed by atoms with E-state index < -0.39 is 0 Å². The summed E-state index contributed by atoms with van der Waals surface area (Å²) >= 11 is 5.82. The van der Waals surface area contributed by atoms with Crippen molar-refractivity contribution in [2.45, 2.75) is 6.42 Å². The Kier molecular flexibility index (Phi) is 3.53. The first-order chi connectivity index (χ1) is 6.59. The Balaban J connectivity index is 2.55. The van der Waals surface area contributed by atoms with Crippen LogP contribution in [0, 0.1) is 0 Å². The highest BCUT2D eigenvalue weighted by molar-refractivity contribution is 6.33. The summed E-state index contributed by atoms with van der Waals surface area (Å²) in [5, 5.41) is 3.30. The SMILES string of the molecule is NC(=O)CCNc1ncc(N)cc1Cl. The molecule has 0 aliphatic carbocycles. The van der Waals surface area contributed by atoms with Gasteiger partial charge in [0.2, 0.25) is 5.91 Å². The van der Waals surface area contributed by atoms with E-state index in [4.69, 9.17) is 23.1 Å². The van der Waals surface area contributed by atoms with Gasteiger partial charge in [-0.1, -0.05) is 11.6 Å². The van der Waals surface area contributed by atoms with Gasteiger partial charge in [0.15, 0.2) is 0 Å². The number of pyridine rings is 1. The summed E-state index contributed by atoms with van der Waals surface area (Å²) in [5.41, 5.74) is 10.9. The molecule has 0 radical (unpaired) electrons. The fourth-order valence-corrected chi connectivity index (χ4v) is 1.13. The van der Waals surface area contributed by atoms with Gasteiger partial charge in [-0.25, -0.2) is 4.98 Å². The van der Waals surface area contributed by atoms with E-state index in [0.717, 1.165) is 0 Å². The number of nitrogens with zero attached hydrogens (tertiary/aromatic N) is 1. The van der Waals surface area contributed by atoms with Gasteiger partial charge >= 0.3 is 0 Å². The Morgan fingerprint density at radius 1 is 1.64 bits per heavy atom. The van der Waals surface area contributed by atoms with Gasteiger partial charge in [0.05, 0.1) is 16.9 Å². The Labute approximate surface area is 86.4 Å². The number of carbonyl (C=O) groups excluding carboxylic acids is 1. The van der Waals surface area contributed by atoms with Crippen LogP contribution in [0.1, 0.15) is 6.42 Å². The fourth-order valence-electron chi connectivity index (χ4n) is 0.887. The molecule has 1 amide bonds. The number of nitrogen functional groups attached to an aromatic ring is 1. The molecule has 0 fully saturated rings. The minimum Gasteiger partial charge on any atom is -0.397 e. The van der Waals surface area contributed by atoms with Crippen LogP contribution in [0.15, 0.2) is 12.3 Å². The summed E-state index contributed by atoms with van der Waals surface area (Å²) in [6.45, 7) is 0.409. The molecule has 0 aliphatic rings. The number of amides is 1. The van der Waals surface area contributed by atoms with E-state index in [2.05, 4.69) is 10.3 Å². The zero-order chi connectivity index (χ0) is 10.6. The average Bonchev–Trinajstić information content (AvgIpc) is 2.08. The molecule has 0 atom stereocenters. The van der Waals surface area contributed by atoms with Crippen molar-refractivity contribution in [2.24, 2.45) is 5.73 Å². The number of halogens is 1. The number of rotatable bonds is 4. The van der Waals surface area contributed by atoms with E-state index in [-0.39, 0.29) is 12.3 Å². The molecule has 76 valence electrons. The molecule has 6 heteroatoms. The number of anilines is 2. The van der Waals surface area contributed by atoms with E-state index in [1.54, 1.807) is 6.07 Å². The summed E-state index contributed by atoms with van der Waals surface area (Å²) in [5.74, 6) is 0.131. The van der Waals surface area contributed by atoms with E-state index in [9.17, 15) is 4.79 Å². The van der Waals surface area contributed by atoms with Crippen LogP contribution < -0.4 is 16.8 Å². The van der Waals surface area contributed by atoms with E-state index >= 15 is 0 Å². The molecule has 0 spiro atoms. The number of nitrogens with one attached hydrogen (secondary N) is 1. The Hall–Kier alpha value is -1.49. The molecule has 1 rings (SSSR count). The molecular weight excluding hydrogens is 204 g/mol. The molecule has 14 heavy (non-hydrogen) atoms. The second kappa shape index (κ2) is 4.66. The van der Waals surface area contributed by atoms with Crippen LogP contribution in [0.25, 0.3) is 0 Å². The summed E-state index contributed by atoms with van der Waals surface area (Å²) in [6.07, 6.45) is 1.72. The van der Waals surface area contributed by atoms with Gasteiger partial charge < -0.3 is 16.8 Å². The molecule has 5 nitrogen and oxygen atoms in total. The van der Waals surface area contributed by atoms with E-state index in [1.807, 2.05) is 0 Å². The number of primary amides is 1. The number of carbonyl (C=O) groups is 1. The number of hydrogen-bond donors (Lipinski definition) is 3. The highest BCUT2D eigenvalue weighted by Gasteiger charge is 2.01. The lowest BCUT2D eigenvalue weighted by molar-refractivity contribution is -0.117. The molecular formula is C8H11ClN4O. The fraction of sp³-hybridized carbons (Fsp3) is 0.250. The second-order valence-corrected chi connectivity index (χ2v) is 3.15. The predicted molar refractivity (Wildman–Crippen MR) is 56.0 cm³/mol. The molecule has 1 heterocycles. The van der Waals surface area contributed by atoms with Crippen LogP contribution in [-0.2, 0) is 4.79 Å². The summed E-state index contributed by atoms with van der Waals surface area (Å²) < 4.78 is 0. The topological polar surface area (TPSA) is 94.0 Å². The molecule has 0 bridgehead atoms. The van der Waals surface area contributed by atoms with Gasteiger partial charge in [0, 0.05) is 13.0 Å². The lowest BCUT2D eigenvalue weighted by Gasteiger charge is -2.05. The minimum atomic E-state index is -0.371. The van der Waals surface area contributed by atoms with Crippen LogP contribution in [-0.4, -0.2) is 17.4 Å². The van der Waals surface area contributed by atoms with Crippen molar-refractivity contribution in [3.63, 3.8) is 0 Å². The maximum absolute atomic E-state index is 10.4. The maximum Gasteiger partial charge on any atom is 0.219 e. The third-order valence-electron chi connectivity index (χ3n) is 1.53. The first-order valence-corrected chi connectivity index (χ1v) is 4.40. The molecule has 5 N–H and O–H groups in total. The molecule has 0 unspecified atom stereocenters. The highest BCUT2D eigenvalue weighted by atomic mass is 35.5. The monoisotopic (exact) mass is 214 g/mol. The van der Waals surface area contributed by atoms with Gasteiger partial charge in [0.25, 0.3) is 0 Å². The average molecular weight is 215 g/mol. The van der Waals surface area contributed by atoms with E-state index in [0.29, 0.717) is 23.1 Å². The van der Waals surface area contributed by atoms with Crippen LogP contribution in [0.2, 0.25) is 5.02 Å². The largest absolute Gasteiger partial charge is 0.397 e. The van der Waals surface area contributed by atoms with Crippen LogP contribution in [0.5, 0.6) is 0 Å². The standard InChI is InChI=1S/C8H11ClN4O/c9-6-3-5(10)4-13-8(6)12-2-1-7(11)14/h3-4H,1-2,10H2,(H2,11,14)(H,12,13). The summed E-state index contributed by atoms with van der Waals surface area (Å²) in [7, 11) is 0. The predicted octanol–water partition coefficient (Wildman–Crippen LogP) is 0.604. The van der Waals surface area contributed by atoms with Gasteiger partial charge in [-0.15, -0.1) is 0 Å². The van der Waals surface area contributed by atoms with Crippen LogP contribution in [0.3, 0.4) is 0 Å². The molecule has 0 saturated heterocycles. The zero-order valence-electron chi connectivity index (χ0n) is 7.46. The lowest BCUT2D eigenvalue weighted by atomic mass is 10.4. The second-order valence-electron chi connectivity index (χ2n) is 2.74. The smallest absolute Gasteiger partial charge is 0.219 e. The number of aromatic nitrogens is 1. The lowest BCUT2D eigenvalue weighted by Crippen LogP contribution is -2.16. The third-order valence-corrected chi connectivity index (χ3v) is 1.81. The van der Waals surface area contributed by atoms with Crippen molar-refractivity contribution in [1.82, 2.24) is 4.98 Å². The Morgan fingerprint density at radius 3 is 2.93 bits per heavy atom. The van der Waals surface area contributed by atoms with E-state index in [1.165, 1.54) is 6.20 Å². The number of hydrogen-bond acceptors (Lipinski definition) is 4. The van der Waals surface area contributed by atoms with Crippen molar-refractivity contribution in [1.29, 1.82) is 0 Å². The highest BCUT2D eigenvalue weighted by Crippen LogP contribution is 2.20. The van der Waals surface area contributed by atoms with Gasteiger partial charge in [-0.05, 0) is 6.07 Å². The van der Waals surface area contributed by atoms with Crippen molar-refractivity contribution >= 4 is 29.0 Å². The van der Waals surface area contributed by atoms with Crippen molar-refractivity contribution in [3.05, 3.63) is 17.3 Å². The molecule has 1 aromatic heterocycles. The molecule has 0 aromatic carbocycles. The first kappa shape index (κ1) is 10.6. The number of nitrogens with two attached hydrogens (primary N) is 2. The third kappa shape index (κ3) is 3.10. The first-order valence-electron chi connectivity index (χ1n) is 4.03. The normalized spacial score (nSPS) is 9.79. The van der Waals surface area contributed by atoms with Crippen molar-refractivity contribution in [2.75, 3.05) is 17.6 Å². The van der Waals surface area contributed by atoms with Crippen molar-refractivity contribution < 1.29 is 4.79 Å². The minimum absolute atomic E-state index is 0.238. The maximum atomic E-state index is 10.4. The Morgan fingerprint density at radius 2 is 2.36 bits per heavy atom. The van der Waals surface area contributed by atoms with Gasteiger partial charge in [0.1, 0.15) is 5.82 Å². The van der Waals surface area contributed by atoms with Crippen LogP contribution in [0.4, 0.5) is 11.5 Å². The summed E-state index contributed by atoms with van der Waals surface area (Å²) in [4.78, 5) is 14.4. The van der Waals surface area contributed by atoms with Crippen LogP contribution >= 0.6 is 11.6 Å². The quantitative estimate of drug-likeness (QED) is 0.684. The zero-order valence-corrected chi connectivity index (χ0v) is 8.21. The molecule has 0 saturated carbocycles. The van der Waals surface area contributed by atoms with Gasteiger partial charge in [-0.3, -0.25) is 4.79 Å². The molecule has 0 aliphatic heterocycles. The van der Waals surface area contributed by atoms with Crippen molar-refractivity contribution in [3.8, 4) is 0 Å². The van der Waals surface area contributed by atoms with Gasteiger partial charge in [-0.2, -0.15) is 0 Å². The Bertz CT molecular complexity index is 342. The molecule has 1 aromatic rings. The summed E-state index contributed by atoms with van der Waals surface area (Å²) in [6, 6.07) is 1.58.